The summed E-state index contributed by atoms with van der Waals surface area (Å²) in [6.07, 6.45) is 2.78. The van der Waals surface area contributed by atoms with Gasteiger partial charge in [-0.05, 0) is 31.0 Å². The average Bonchev–Trinajstić information content (AvgIpc) is 2.72. The minimum atomic E-state index is -0.625. The fraction of sp³-hybridized carbons (Fsp3) is 0.308. The molecular formula is C13H15FN2O. The van der Waals surface area contributed by atoms with E-state index in [-0.39, 0.29) is 5.82 Å². The molecule has 2 aromatic rings. The molecule has 0 radical (unpaired) electrons. The molecule has 1 heterocycles. The second kappa shape index (κ2) is 4.67. The maximum Gasteiger partial charge on any atom is 0.137 e. The molecule has 1 aromatic heterocycles. The van der Waals surface area contributed by atoms with Crippen molar-refractivity contribution in [3.8, 4) is 0 Å². The van der Waals surface area contributed by atoms with Crippen LogP contribution in [-0.4, -0.2) is 14.7 Å². The van der Waals surface area contributed by atoms with Gasteiger partial charge in [0.05, 0.1) is 0 Å². The molecule has 0 aliphatic carbocycles. The van der Waals surface area contributed by atoms with Gasteiger partial charge in [-0.1, -0.05) is 12.1 Å². The van der Waals surface area contributed by atoms with E-state index < -0.39 is 6.10 Å². The highest BCUT2D eigenvalue weighted by Gasteiger charge is 2.09. The molecule has 1 atom stereocenters. The molecule has 0 bridgehead atoms. The molecule has 0 aliphatic rings. The van der Waals surface area contributed by atoms with Crippen molar-refractivity contribution in [3.63, 3.8) is 0 Å². The smallest absolute Gasteiger partial charge is 0.137 e. The van der Waals surface area contributed by atoms with Crippen LogP contribution in [0, 0.1) is 12.7 Å². The lowest BCUT2D eigenvalue weighted by Crippen LogP contribution is -2.07. The van der Waals surface area contributed by atoms with Crippen molar-refractivity contribution in [2.75, 3.05) is 0 Å². The highest BCUT2D eigenvalue weighted by molar-refractivity contribution is 5.23. The molecule has 0 saturated carbocycles. The van der Waals surface area contributed by atoms with Crippen molar-refractivity contribution in [1.29, 1.82) is 0 Å². The monoisotopic (exact) mass is 234 g/mol. The number of imidazole rings is 1. The van der Waals surface area contributed by atoms with Crippen LogP contribution in [0.1, 0.15) is 30.0 Å². The van der Waals surface area contributed by atoms with E-state index in [4.69, 9.17) is 0 Å². The van der Waals surface area contributed by atoms with E-state index in [1.165, 1.54) is 6.07 Å². The SMILES string of the molecule is Cc1ccc(Cn2ccnc2C(C)O)cc1F. The Labute approximate surface area is 99.5 Å². The maximum absolute atomic E-state index is 13.4. The summed E-state index contributed by atoms with van der Waals surface area (Å²) in [5.41, 5.74) is 1.49. The summed E-state index contributed by atoms with van der Waals surface area (Å²) in [5, 5.41) is 9.51. The van der Waals surface area contributed by atoms with E-state index >= 15 is 0 Å². The minimum Gasteiger partial charge on any atom is -0.385 e. The van der Waals surface area contributed by atoms with Gasteiger partial charge in [0, 0.05) is 18.9 Å². The van der Waals surface area contributed by atoms with Crippen molar-refractivity contribution >= 4 is 0 Å². The molecule has 0 spiro atoms. The summed E-state index contributed by atoms with van der Waals surface area (Å²) in [7, 11) is 0. The number of rotatable bonds is 3. The van der Waals surface area contributed by atoms with E-state index in [0.29, 0.717) is 17.9 Å². The van der Waals surface area contributed by atoms with Crippen molar-refractivity contribution in [3.05, 3.63) is 53.4 Å². The third-order valence-electron chi connectivity index (χ3n) is 2.71. The summed E-state index contributed by atoms with van der Waals surface area (Å²) in [6.45, 7) is 3.91. The number of nitrogens with zero attached hydrogens (tertiary/aromatic N) is 2. The number of hydrogen-bond acceptors (Lipinski definition) is 2. The third kappa shape index (κ3) is 2.53. The highest BCUT2D eigenvalue weighted by atomic mass is 19.1. The second-order valence-corrected chi connectivity index (χ2v) is 4.17. The van der Waals surface area contributed by atoms with Gasteiger partial charge in [-0.25, -0.2) is 9.37 Å². The molecule has 90 valence electrons. The number of aliphatic hydroxyl groups is 1. The summed E-state index contributed by atoms with van der Waals surface area (Å²) < 4.78 is 15.2. The number of aromatic nitrogens is 2. The van der Waals surface area contributed by atoms with Gasteiger partial charge >= 0.3 is 0 Å². The van der Waals surface area contributed by atoms with Crippen LogP contribution in [-0.2, 0) is 6.54 Å². The van der Waals surface area contributed by atoms with Crippen LogP contribution < -0.4 is 0 Å². The van der Waals surface area contributed by atoms with Crippen molar-refractivity contribution < 1.29 is 9.50 Å². The van der Waals surface area contributed by atoms with Crippen LogP contribution in [0.15, 0.2) is 30.6 Å². The fourth-order valence-electron chi connectivity index (χ4n) is 1.75. The molecule has 2 rings (SSSR count). The zero-order valence-corrected chi connectivity index (χ0v) is 9.89. The van der Waals surface area contributed by atoms with Crippen LogP contribution in [0.25, 0.3) is 0 Å². The van der Waals surface area contributed by atoms with Crippen LogP contribution >= 0.6 is 0 Å². The molecule has 4 heteroatoms. The van der Waals surface area contributed by atoms with Crippen LogP contribution in [0.5, 0.6) is 0 Å². The number of halogens is 1. The molecule has 1 N–H and O–H groups in total. The number of hydrogen-bond donors (Lipinski definition) is 1. The second-order valence-electron chi connectivity index (χ2n) is 4.17. The van der Waals surface area contributed by atoms with E-state index in [1.54, 1.807) is 32.3 Å². The van der Waals surface area contributed by atoms with Gasteiger partial charge in [-0.3, -0.25) is 0 Å². The van der Waals surface area contributed by atoms with E-state index in [9.17, 15) is 9.50 Å². The molecule has 17 heavy (non-hydrogen) atoms. The number of benzene rings is 1. The Morgan fingerprint density at radius 1 is 1.47 bits per heavy atom. The molecule has 0 amide bonds. The lowest BCUT2D eigenvalue weighted by atomic mass is 10.1. The van der Waals surface area contributed by atoms with E-state index in [2.05, 4.69) is 4.98 Å². The average molecular weight is 234 g/mol. The highest BCUT2D eigenvalue weighted by Crippen LogP contribution is 2.14. The van der Waals surface area contributed by atoms with Gasteiger partial charge in [-0.2, -0.15) is 0 Å². The van der Waals surface area contributed by atoms with Gasteiger partial charge < -0.3 is 9.67 Å². The Balaban J connectivity index is 2.25. The molecular weight excluding hydrogens is 219 g/mol. The van der Waals surface area contributed by atoms with Gasteiger partial charge in [0.15, 0.2) is 0 Å². The number of aryl methyl sites for hydroxylation is 1. The standard InChI is InChI=1S/C13H15FN2O/c1-9-3-4-11(7-12(9)14)8-16-6-5-15-13(16)10(2)17/h3-7,10,17H,8H2,1-2H3. The van der Waals surface area contributed by atoms with E-state index in [1.807, 2.05) is 10.6 Å². The van der Waals surface area contributed by atoms with Crippen molar-refractivity contribution in [2.45, 2.75) is 26.5 Å². The Morgan fingerprint density at radius 3 is 2.88 bits per heavy atom. The Morgan fingerprint density at radius 2 is 2.24 bits per heavy atom. The topological polar surface area (TPSA) is 38.0 Å². The molecule has 0 saturated heterocycles. The first kappa shape index (κ1) is 11.8. The molecule has 0 fully saturated rings. The fourth-order valence-corrected chi connectivity index (χ4v) is 1.75. The Kier molecular flexibility index (Phi) is 3.24. The Hall–Kier alpha value is -1.68. The zero-order chi connectivity index (χ0) is 12.4. The first-order valence-electron chi connectivity index (χ1n) is 5.52. The maximum atomic E-state index is 13.4. The van der Waals surface area contributed by atoms with Crippen LogP contribution in [0.2, 0.25) is 0 Å². The summed E-state index contributed by atoms with van der Waals surface area (Å²) in [6, 6.07) is 5.15. The third-order valence-corrected chi connectivity index (χ3v) is 2.71. The summed E-state index contributed by atoms with van der Waals surface area (Å²) in [5.74, 6) is 0.382. The lowest BCUT2D eigenvalue weighted by Gasteiger charge is -2.10. The molecule has 1 aromatic carbocycles. The van der Waals surface area contributed by atoms with Crippen LogP contribution in [0.3, 0.4) is 0 Å². The van der Waals surface area contributed by atoms with E-state index in [0.717, 1.165) is 5.56 Å². The molecule has 3 nitrogen and oxygen atoms in total. The first-order chi connectivity index (χ1) is 8.08. The normalized spacial score (nSPS) is 12.7. The first-order valence-corrected chi connectivity index (χ1v) is 5.52. The number of aliphatic hydroxyl groups excluding tert-OH is 1. The van der Waals surface area contributed by atoms with Crippen LogP contribution in [0.4, 0.5) is 4.39 Å². The molecule has 0 aliphatic heterocycles. The van der Waals surface area contributed by atoms with Gasteiger partial charge in [-0.15, -0.1) is 0 Å². The van der Waals surface area contributed by atoms with Gasteiger partial charge in [0.2, 0.25) is 0 Å². The Bertz CT molecular complexity index is 520. The predicted molar refractivity (Wildman–Crippen MR) is 63.1 cm³/mol. The lowest BCUT2D eigenvalue weighted by molar-refractivity contribution is 0.184. The van der Waals surface area contributed by atoms with Crippen molar-refractivity contribution in [2.24, 2.45) is 0 Å². The molecule has 1 unspecified atom stereocenters. The summed E-state index contributed by atoms with van der Waals surface area (Å²) >= 11 is 0. The van der Waals surface area contributed by atoms with Crippen molar-refractivity contribution in [1.82, 2.24) is 9.55 Å². The minimum absolute atomic E-state index is 0.207. The zero-order valence-electron chi connectivity index (χ0n) is 9.89. The van der Waals surface area contributed by atoms with Gasteiger partial charge in [0.1, 0.15) is 17.7 Å². The summed E-state index contributed by atoms with van der Waals surface area (Å²) in [4.78, 5) is 4.07. The predicted octanol–water partition coefficient (Wildman–Crippen LogP) is 2.43. The quantitative estimate of drug-likeness (QED) is 0.885. The van der Waals surface area contributed by atoms with Gasteiger partial charge in [0.25, 0.3) is 0 Å². The largest absolute Gasteiger partial charge is 0.385 e.